The first-order valence-corrected chi connectivity index (χ1v) is 10.8. The quantitative estimate of drug-likeness (QED) is 0.769. The molecule has 0 saturated carbocycles. The van der Waals surface area contributed by atoms with Gasteiger partial charge >= 0.3 is 0 Å². The van der Waals surface area contributed by atoms with Crippen LogP contribution in [0.4, 0.5) is 0 Å². The highest BCUT2D eigenvalue weighted by Gasteiger charge is 2.24. The third-order valence-corrected chi connectivity index (χ3v) is 6.06. The van der Waals surface area contributed by atoms with Crippen molar-refractivity contribution in [3.63, 3.8) is 0 Å². The van der Waals surface area contributed by atoms with E-state index in [1.54, 1.807) is 16.2 Å². The van der Waals surface area contributed by atoms with Crippen molar-refractivity contribution in [3.8, 4) is 11.4 Å². The number of nitrogens with zero attached hydrogens (tertiary/aromatic N) is 4. The van der Waals surface area contributed by atoms with Gasteiger partial charge in [-0.2, -0.15) is 16.3 Å². The highest BCUT2D eigenvalue weighted by Crippen LogP contribution is 2.19. The molecule has 0 aliphatic carbocycles. The number of aryl methyl sites for hydroxylation is 1. The minimum absolute atomic E-state index is 0.0226. The van der Waals surface area contributed by atoms with Gasteiger partial charge in [-0.05, 0) is 17.9 Å². The molecule has 8 nitrogen and oxygen atoms in total. The number of carbonyl (C=O) groups excluding carboxylic acids is 1. The molecular weight excluding hydrogens is 364 g/mol. The van der Waals surface area contributed by atoms with Crippen molar-refractivity contribution in [2.24, 2.45) is 0 Å². The van der Waals surface area contributed by atoms with Gasteiger partial charge in [-0.25, -0.2) is 12.7 Å². The minimum Gasteiger partial charge on any atom is -0.341 e. The lowest BCUT2D eigenvalue weighted by Crippen LogP contribution is -2.37. The van der Waals surface area contributed by atoms with E-state index < -0.39 is 10.0 Å². The number of amides is 1. The van der Waals surface area contributed by atoms with Crippen LogP contribution in [0.3, 0.4) is 0 Å². The smallest absolute Gasteiger partial charge is 0.227 e. The molecule has 1 aliphatic rings. The van der Waals surface area contributed by atoms with Crippen LogP contribution in [0.2, 0.25) is 0 Å². The van der Waals surface area contributed by atoms with Crippen LogP contribution in [0.5, 0.6) is 0 Å². The van der Waals surface area contributed by atoms with E-state index >= 15 is 0 Å². The van der Waals surface area contributed by atoms with Crippen molar-refractivity contribution in [1.82, 2.24) is 19.3 Å². The molecule has 136 valence electrons. The lowest BCUT2D eigenvalue weighted by Gasteiger charge is -2.20. The SMILES string of the molecule is CS(=O)(=O)N1CCCN(C(=O)CCc2nc(-c3ccsc3)no2)CC1. The Morgan fingerprint density at radius 2 is 2.16 bits per heavy atom. The molecule has 1 fully saturated rings. The Morgan fingerprint density at radius 1 is 1.32 bits per heavy atom. The van der Waals surface area contributed by atoms with Gasteiger partial charge in [0, 0.05) is 50.0 Å². The summed E-state index contributed by atoms with van der Waals surface area (Å²) in [5.41, 5.74) is 0.903. The first kappa shape index (κ1) is 18.0. The zero-order chi connectivity index (χ0) is 17.9. The highest BCUT2D eigenvalue weighted by atomic mass is 32.2. The second-order valence-electron chi connectivity index (χ2n) is 5.92. The summed E-state index contributed by atoms with van der Waals surface area (Å²) in [5.74, 6) is 0.940. The van der Waals surface area contributed by atoms with Gasteiger partial charge in [0.1, 0.15) is 0 Å². The maximum atomic E-state index is 12.4. The van der Waals surface area contributed by atoms with Crippen molar-refractivity contribution in [3.05, 3.63) is 22.7 Å². The summed E-state index contributed by atoms with van der Waals surface area (Å²) in [5, 5.41) is 7.80. The summed E-state index contributed by atoms with van der Waals surface area (Å²) in [4.78, 5) is 18.4. The summed E-state index contributed by atoms with van der Waals surface area (Å²) in [7, 11) is -3.21. The summed E-state index contributed by atoms with van der Waals surface area (Å²) in [6.07, 6.45) is 2.49. The first-order valence-electron chi connectivity index (χ1n) is 8.01. The molecule has 0 N–H and O–H groups in total. The molecular formula is C15H20N4O4S2. The van der Waals surface area contributed by atoms with E-state index in [0.717, 1.165) is 5.56 Å². The van der Waals surface area contributed by atoms with Crippen molar-refractivity contribution in [2.75, 3.05) is 32.4 Å². The molecule has 10 heteroatoms. The van der Waals surface area contributed by atoms with Crippen LogP contribution >= 0.6 is 11.3 Å². The van der Waals surface area contributed by atoms with E-state index in [-0.39, 0.29) is 12.3 Å². The van der Waals surface area contributed by atoms with E-state index in [1.807, 2.05) is 16.8 Å². The Balaban J connectivity index is 1.53. The van der Waals surface area contributed by atoms with Gasteiger partial charge in [0.15, 0.2) is 0 Å². The highest BCUT2D eigenvalue weighted by molar-refractivity contribution is 7.88. The Morgan fingerprint density at radius 3 is 2.88 bits per heavy atom. The zero-order valence-corrected chi connectivity index (χ0v) is 15.6. The zero-order valence-electron chi connectivity index (χ0n) is 13.9. The van der Waals surface area contributed by atoms with Gasteiger partial charge in [-0.1, -0.05) is 5.16 Å². The number of carbonyl (C=O) groups is 1. The van der Waals surface area contributed by atoms with Crippen LogP contribution in [-0.4, -0.2) is 66.1 Å². The summed E-state index contributed by atoms with van der Waals surface area (Å²) in [6.45, 7) is 1.77. The Bertz CT molecular complexity index is 816. The molecule has 2 aromatic heterocycles. The van der Waals surface area contributed by atoms with E-state index in [1.165, 1.54) is 10.6 Å². The average molecular weight is 384 g/mol. The molecule has 25 heavy (non-hydrogen) atoms. The topological polar surface area (TPSA) is 96.6 Å². The molecule has 1 saturated heterocycles. The molecule has 0 atom stereocenters. The van der Waals surface area contributed by atoms with E-state index in [4.69, 9.17) is 4.52 Å². The number of rotatable bonds is 5. The lowest BCUT2D eigenvalue weighted by atomic mass is 10.2. The largest absolute Gasteiger partial charge is 0.341 e. The first-order chi connectivity index (χ1) is 11.9. The molecule has 0 spiro atoms. The van der Waals surface area contributed by atoms with Crippen molar-refractivity contribution in [1.29, 1.82) is 0 Å². The molecule has 0 aromatic carbocycles. The number of aromatic nitrogens is 2. The van der Waals surface area contributed by atoms with Gasteiger partial charge in [-0.3, -0.25) is 4.79 Å². The van der Waals surface area contributed by atoms with Crippen LogP contribution in [0.25, 0.3) is 11.4 Å². The summed E-state index contributed by atoms with van der Waals surface area (Å²) >= 11 is 1.56. The molecule has 3 rings (SSSR count). The van der Waals surface area contributed by atoms with Crippen LogP contribution in [0.1, 0.15) is 18.7 Å². The van der Waals surface area contributed by atoms with Crippen molar-refractivity contribution >= 4 is 27.3 Å². The average Bonchev–Trinajstić information content (AvgIpc) is 3.18. The normalized spacial score (nSPS) is 16.8. The van der Waals surface area contributed by atoms with Crippen molar-refractivity contribution in [2.45, 2.75) is 19.3 Å². The van der Waals surface area contributed by atoms with Crippen molar-refractivity contribution < 1.29 is 17.7 Å². The van der Waals surface area contributed by atoms with E-state index in [0.29, 0.717) is 50.7 Å². The maximum Gasteiger partial charge on any atom is 0.227 e. The van der Waals surface area contributed by atoms with Gasteiger partial charge in [0.25, 0.3) is 0 Å². The van der Waals surface area contributed by atoms with Gasteiger partial charge in [0.05, 0.1) is 6.26 Å². The second-order valence-corrected chi connectivity index (χ2v) is 8.68. The number of thiophene rings is 1. The molecule has 1 aliphatic heterocycles. The maximum absolute atomic E-state index is 12.4. The molecule has 0 unspecified atom stereocenters. The fourth-order valence-electron chi connectivity index (χ4n) is 2.71. The predicted octanol–water partition coefficient (Wildman–Crippen LogP) is 1.22. The number of sulfonamides is 1. The predicted molar refractivity (Wildman–Crippen MR) is 93.5 cm³/mol. The van der Waals surface area contributed by atoms with Crippen LogP contribution in [-0.2, 0) is 21.2 Å². The minimum atomic E-state index is -3.21. The third-order valence-electron chi connectivity index (χ3n) is 4.08. The molecule has 0 bridgehead atoms. The van der Waals surface area contributed by atoms with Gasteiger partial charge in [-0.15, -0.1) is 0 Å². The fraction of sp³-hybridized carbons (Fsp3) is 0.533. The molecule has 1 amide bonds. The van der Waals surface area contributed by atoms with Gasteiger partial charge < -0.3 is 9.42 Å². The summed E-state index contributed by atoms with van der Waals surface area (Å²) in [6, 6.07) is 1.91. The molecule has 3 heterocycles. The molecule has 2 aromatic rings. The Labute approximate surface area is 150 Å². The number of hydrogen-bond donors (Lipinski definition) is 0. The van der Waals surface area contributed by atoms with Crippen LogP contribution in [0.15, 0.2) is 21.3 Å². The van der Waals surface area contributed by atoms with E-state index in [9.17, 15) is 13.2 Å². The lowest BCUT2D eigenvalue weighted by molar-refractivity contribution is -0.131. The van der Waals surface area contributed by atoms with Gasteiger partial charge in [0.2, 0.25) is 27.6 Å². The standard InChI is InChI=1S/C15H20N4O4S2/c1-25(21,22)19-7-2-6-18(8-9-19)14(20)4-3-13-16-15(17-23-13)12-5-10-24-11-12/h5,10-11H,2-4,6-9H2,1H3. The monoisotopic (exact) mass is 384 g/mol. The molecule has 0 radical (unpaired) electrons. The Kier molecular flexibility index (Phi) is 5.50. The second kappa shape index (κ2) is 7.63. The summed E-state index contributed by atoms with van der Waals surface area (Å²) < 4.78 is 29.9. The fourth-order valence-corrected chi connectivity index (χ4v) is 4.22. The Hall–Kier alpha value is -1.78. The third kappa shape index (κ3) is 4.65. The van der Waals surface area contributed by atoms with E-state index in [2.05, 4.69) is 10.1 Å². The number of hydrogen-bond acceptors (Lipinski definition) is 7. The van der Waals surface area contributed by atoms with Crippen LogP contribution in [0, 0.1) is 0 Å². The van der Waals surface area contributed by atoms with Crippen LogP contribution < -0.4 is 0 Å².